The molecule has 1 aromatic carbocycles. The zero-order valence-electron chi connectivity index (χ0n) is 7.20. The monoisotopic (exact) mass is 242 g/mol. The summed E-state index contributed by atoms with van der Waals surface area (Å²) in [5, 5.41) is 0. The molecule has 1 rings (SSSR count). The van der Waals surface area contributed by atoms with E-state index in [1.807, 2.05) is 24.3 Å². The van der Waals surface area contributed by atoms with Crippen molar-refractivity contribution in [3.63, 3.8) is 0 Å². The standard InChI is InChI=1S/C10H11BrO2/c11-9-3-5-10(6-4-9)13-8-2-1-7-12/h3-7H,1-2,8H2. The summed E-state index contributed by atoms with van der Waals surface area (Å²) in [6.45, 7) is 0.598. The Balaban J connectivity index is 2.28. The van der Waals surface area contributed by atoms with Crippen molar-refractivity contribution in [2.24, 2.45) is 0 Å². The fourth-order valence-electron chi connectivity index (χ4n) is 0.888. The normalized spacial score (nSPS) is 9.62. The van der Waals surface area contributed by atoms with Gasteiger partial charge in [0.05, 0.1) is 6.61 Å². The quantitative estimate of drug-likeness (QED) is 0.587. The van der Waals surface area contributed by atoms with Gasteiger partial charge >= 0.3 is 0 Å². The smallest absolute Gasteiger partial charge is 0.120 e. The Morgan fingerprint density at radius 1 is 1.31 bits per heavy atom. The van der Waals surface area contributed by atoms with Gasteiger partial charge in [0.1, 0.15) is 12.0 Å². The Morgan fingerprint density at radius 3 is 2.62 bits per heavy atom. The van der Waals surface area contributed by atoms with Gasteiger partial charge in [0.25, 0.3) is 0 Å². The van der Waals surface area contributed by atoms with Gasteiger partial charge in [0.2, 0.25) is 0 Å². The van der Waals surface area contributed by atoms with Gasteiger partial charge in [-0.25, -0.2) is 0 Å². The number of carbonyl (C=O) groups excluding carboxylic acids is 1. The van der Waals surface area contributed by atoms with E-state index in [0.29, 0.717) is 13.0 Å². The molecule has 0 fully saturated rings. The molecule has 0 amide bonds. The average molecular weight is 243 g/mol. The molecule has 0 bridgehead atoms. The molecule has 0 atom stereocenters. The molecule has 0 saturated heterocycles. The summed E-state index contributed by atoms with van der Waals surface area (Å²) in [6, 6.07) is 7.64. The molecule has 0 aliphatic heterocycles. The van der Waals surface area contributed by atoms with Crippen LogP contribution in [0.3, 0.4) is 0 Å². The summed E-state index contributed by atoms with van der Waals surface area (Å²) >= 11 is 3.34. The van der Waals surface area contributed by atoms with Gasteiger partial charge in [0, 0.05) is 10.9 Å². The minimum absolute atomic E-state index is 0.566. The van der Waals surface area contributed by atoms with Crippen LogP contribution in [0.15, 0.2) is 28.7 Å². The van der Waals surface area contributed by atoms with Gasteiger partial charge in [-0.3, -0.25) is 0 Å². The number of ether oxygens (including phenoxy) is 1. The zero-order valence-corrected chi connectivity index (χ0v) is 8.79. The Labute approximate surface area is 86.0 Å². The second-order valence-corrected chi connectivity index (χ2v) is 3.53. The molecule has 0 aliphatic rings. The van der Waals surface area contributed by atoms with Gasteiger partial charge in [-0.05, 0) is 30.7 Å². The van der Waals surface area contributed by atoms with Crippen LogP contribution in [0.2, 0.25) is 0 Å². The minimum atomic E-state index is 0.566. The topological polar surface area (TPSA) is 26.3 Å². The molecule has 3 heteroatoms. The largest absolute Gasteiger partial charge is 0.494 e. The van der Waals surface area contributed by atoms with Crippen molar-refractivity contribution in [1.82, 2.24) is 0 Å². The van der Waals surface area contributed by atoms with Crippen molar-refractivity contribution in [1.29, 1.82) is 0 Å². The molecule has 2 nitrogen and oxygen atoms in total. The van der Waals surface area contributed by atoms with E-state index in [2.05, 4.69) is 15.9 Å². The number of unbranched alkanes of at least 4 members (excludes halogenated alkanes) is 1. The van der Waals surface area contributed by atoms with Crippen LogP contribution in [-0.4, -0.2) is 12.9 Å². The molecule has 0 aromatic heterocycles. The van der Waals surface area contributed by atoms with Crippen LogP contribution in [0.5, 0.6) is 5.75 Å². The first-order valence-corrected chi connectivity index (χ1v) is 4.94. The van der Waals surface area contributed by atoms with E-state index < -0.39 is 0 Å². The molecule has 0 N–H and O–H groups in total. The molecule has 0 heterocycles. The fraction of sp³-hybridized carbons (Fsp3) is 0.300. The first kappa shape index (κ1) is 10.3. The SMILES string of the molecule is O=CCCCOc1ccc(Br)cc1. The van der Waals surface area contributed by atoms with Crippen LogP contribution in [0.1, 0.15) is 12.8 Å². The molecule has 70 valence electrons. The van der Waals surface area contributed by atoms with Gasteiger partial charge in [-0.15, -0.1) is 0 Å². The van der Waals surface area contributed by atoms with E-state index in [4.69, 9.17) is 4.74 Å². The lowest BCUT2D eigenvalue weighted by Crippen LogP contribution is -1.96. The van der Waals surface area contributed by atoms with Crippen LogP contribution in [0, 0.1) is 0 Å². The highest BCUT2D eigenvalue weighted by atomic mass is 79.9. The lowest BCUT2D eigenvalue weighted by molar-refractivity contribution is -0.108. The molecular weight excluding hydrogens is 232 g/mol. The maximum absolute atomic E-state index is 10.00. The first-order chi connectivity index (χ1) is 6.33. The molecule has 0 spiro atoms. The summed E-state index contributed by atoms with van der Waals surface area (Å²) in [5.41, 5.74) is 0. The molecular formula is C10H11BrO2. The second kappa shape index (κ2) is 5.75. The van der Waals surface area contributed by atoms with E-state index in [0.717, 1.165) is 22.9 Å². The van der Waals surface area contributed by atoms with Crippen molar-refractivity contribution < 1.29 is 9.53 Å². The Morgan fingerprint density at radius 2 is 2.00 bits per heavy atom. The summed E-state index contributed by atoms with van der Waals surface area (Å²) in [7, 11) is 0. The summed E-state index contributed by atoms with van der Waals surface area (Å²) in [5.74, 6) is 0.842. The highest BCUT2D eigenvalue weighted by Crippen LogP contribution is 2.16. The van der Waals surface area contributed by atoms with E-state index in [1.165, 1.54) is 0 Å². The van der Waals surface area contributed by atoms with Gasteiger partial charge < -0.3 is 9.53 Å². The Hall–Kier alpha value is -0.830. The number of aldehydes is 1. The number of hydrogen-bond acceptors (Lipinski definition) is 2. The summed E-state index contributed by atoms with van der Waals surface area (Å²) in [6.07, 6.45) is 2.25. The summed E-state index contributed by atoms with van der Waals surface area (Å²) < 4.78 is 6.42. The third-order valence-electron chi connectivity index (χ3n) is 1.55. The molecule has 0 radical (unpaired) electrons. The molecule has 0 saturated carbocycles. The zero-order chi connectivity index (χ0) is 9.52. The third kappa shape index (κ3) is 4.08. The van der Waals surface area contributed by atoms with E-state index in [1.54, 1.807) is 0 Å². The highest BCUT2D eigenvalue weighted by molar-refractivity contribution is 9.10. The van der Waals surface area contributed by atoms with Crippen molar-refractivity contribution in [2.45, 2.75) is 12.8 Å². The van der Waals surface area contributed by atoms with Crippen LogP contribution < -0.4 is 4.74 Å². The van der Waals surface area contributed by atoms with Gasteiger partial charge in [-0.1, -0.05) is 15.9 Å². The maximum atomic E-state index is 10.00. The predicted octanol–water partition coefficient (Wildman–Crippen LogP) is 2.81. The average Bonchev–Trinajstić information content (AvgIpc) is 2.15. The van der Waals surface area contributed by atoms with E-state index >= 15 is 0 Å². The van der Waals surface area contributed by atoms with Crippen LogP contribution in [0.25, 0.3) is 0 Å². The first-order valence-electron chi connectivity index (χ1n) is 4.15. The van der Waals surface area contributed by atoms with Gasteiger partial charge in [-0.2, -0.15) is 0 Å². The van der Waals surface area contributed by atoms with Crippen LogP contribution >= 0.6 is 15.9 Å². The van der Waals surface area contributed by atoms with Crippen molar-refractivity contribution >= 4 is 22.2 Å². The number of benzene rings is 1. The van der Waals surface area contributed by atoms with E-state index in [-0.39, 0.29) is 0 Å². The number of carbonyl (C=O) groups is 1. The molecule has 0 aliphatic carbocycles. The van der Waals surface area contributed by atoms with Crippen LogP contribution in [0.4, 0.5) is 0 Å². The van der Waals surface area contributed by atoms with Gasteiger partial charge in [0.15, 0.2) is 0 Å². The Kier molecular flexibility index (Phi) is 4.54. The van der Waals surface area contributed by atoms with Crippen LogP contribution in [-0.2, 0) is 4.79 Å². The Bertz CT molecular complexity index is 256. The number of halogens is 1. The molecule has 0 unspecified atom stereocenters. The number of hydrogen-bond donors (Lipinski definition) is 0. The van der Waals surface area contributed by atoms with E-state index in [9.17, 15) is 4.79 Å². The maximum Gasteiger partial charge on any atom is 0.120 e. The lowest BCUT2D eigenvalue weighted by atomic mass is 10.3. The highest BCUT2D eigenvalue weighted by Gasteiger charge is 1.92. The fourth-order valence-corrected chi connectivity index (χ4v) is 1.15. The lowest BCUT2D eigenvalue weighted by Gasteiger charge is -2.03. The molecule has 1 aromatic rings. The minimum Gasteiger partial charge on any atom is -0.494 e. The van der Waals surface area contributed by atoms with Crippen molar-refractivity contribution in [2.75, 3.05) is 6.61 Å². The summed E-state index contributed by atoms with van der Waals surface area (Å²) in [4.78, 5) is 10.00. The van der Waals surface area contributed by atoms with Crippen molar-refractivity contribution in [3.8, 4) is 5.75 Å². The predicted molar refractivity (Wildman–Crippen MR) is 54.9 cm³/mol. The molecule has 13 heavy (non-hydrogen) atoms. The second-order valence-electron chi connectivity index (χ2n) is 2.61. The van der Waals surface area contributed by atoms with Crippen molar-refractivity contribution in [3.05, 3.63) is 28.7 Å². The number of rotatable bonds is 5. The third-order valence-corrected chi connectivity index (χ3v) is 2.08.